The number of fused-ring (bicyclic) bond motifs is 1. The van der Waals surface area contributed by atoms with Crippen LogP contribution >= 0.6 is 22.9 Å². The number of nitrogens with one attached hydrogen (secondary N) is 1. The highest BCUT2D eigenvalue weighted by molar-refractivity contribution is 7.92. The SMILES string of the molecule is CCOC(=O)c1ccc(NS(=O)(=O)c2ccc3c(c2)sc(=O)n3Cc2ccccc2Cl)c(C)c1. The lowest BCUT2D eigenvalue weighted by Gasteiger charge is -2.12. The highest BCUT2D eigenvalue weighted by Crippen LogP contribution is 2.26. The molecule has 0 aliphatic carbocycles. The molecule has 0 spiro atoms. The molecule has 0 aliphatic rings. The first-order chi connectivity index (χ1) is 16.2. The van der Waals surface area contributed by atoms with Crippen molar-refractivity contribution in [3.8, 4) is 0 Å². The summed E-state index contributed by atoms with van der Waals surface area (Å²) in [5, 5.41) is 0.557. The van der Waals surface area contributed by atoms with Gasteiger partial charge in [-0.3, -0.25) is 14.1 Å². The highest BCUT2D eigenvalue weighted by atomic mass is 35.5. The van der Waals surface area contributed by atoms with E-state index in [1.807, 2.05) is 18.2 Å². The van der Waals surface area contributed by atoms with Crippen LogP contribution in [0.2, 0.25) is 5.02 Å². The molecule has 4 aromatic rings. The van der Waals surface area contributed by atoms with Gasteiger partial charge in [0.1, 0.15) is 0 Å². The summed E-state index contributed by atoms with van der Waals surface area (Å²) in [5.41, 5.74) is 2.69. The van der Waals surface area contributed by atoms with Crippen LogP contribution in [-0.4, -0.2) is 25.6 Å². The number of carbonyl (C=O) groups excluding carboxylic acids is 1. The quantitative estimate of drug-likeness (QED) is 0.347. The van der Waals surface area contributed by atoms with E-state index < -0.39 is 16.0 Å². The molecule has 4 rings (SSSR count). The summed E-state index contributed by atoms with van der Waals surface area (Å²) in [6.07, 6.45) is 0. The molecule has 1 aromatic heterocycles. The monoisotopic (exact) mass is 516 g/mol. The van der Waals surface area contributed by atoms with E-state index in [1.165, 1.54) is 24.3 Å². The Kier molecular flexibility index (Phi) is 6.79. The molecule has 0 amide bonds. The Morgan fingerprint density at radius 3 is 2.59 bits per heavy atom. The molecule has 0 unspecified atom stereocenters. The van der Waals surface area contributed by atoms with E-state index in [9.17, 15) is 18.0 Å². The number of carbonyl (C=O) groups is 1. The molecule has 34 heavy (non-hydrogen) atoms. The van der Waals surface area contributed by atoms with E-state index >= 15 is 0 Å². The number of esters is 1. The fourth-order valence-electron chi connectivity index (χ4n) is 3.48. The van der Waals surface area contributed by atoms with E-state index in [2.05, 4.69) is 4.72 Å². The van der Waals surface area contributed by atoms with Gasteiger partial charge in [0, 0.05) is 5.02 Å². The maximum absolute atomic E-state index is 13.0. The van der Waals surface area contributed by atoms with Gasteiger partial charge in [-0.05, 0) is 67.4 Å². The Balaban J connectivity index is 1.63. The summed E-state index contributed by atoms with van der Waals surface area (Å²) < 4.78 is 35.7. The molecular weight excluding hydrogens is 496 g/mol. The van der Waals surface area contributed by atoms with Crippen LogP contribution in [0.5, 0.6) is 0 Å². The third-order valence-corrected chi connectivity index (χ3v) is 7.89. The van der Waals surface area contributed by atoms with Gasteiger partial charge in [0.25, 0.3) is 10.0 Å². The molecule has 0 atom stereocenters. The number of aromatic nitrogens is 1. The molecule has 176 valence electrons. The van der Waals surface area contributed by atoms with Gasteiger partial charge in [-0.15, -0.1) is 0 Å². The Hall–Kier alpha value is -3.14. The Labute approximate surface area is 205 Å². The van der Waals surface area contributed by atoms with Crippen LogP contribution in [0.4, 0.5) is 5.69 Å². The highest BCUT2D eigenvalue weighted by Gasteiger charge is 2.19. The number of benzene rings is 3. The van der Waals surface area contributed by atoms with E-state index in [0.29, 0.717) is 32.1 Å². The van der Waals surface area contributed by atoms with Crippen LogP contribution in [0.3, 0.4) is 0 Å². The average molecular weight is 517 g/mol. The summed E-state index contributed by atoms with van der Waals surface area (Å²) in [4.78, 5) is 24.4. The standard InChI is InChI=1S/C24H21ClN2O5S2/c1-3-32-23(28)16-8-10-20(15(2)12-16)26-34(30,31)18-9-11-21-22(13-18)33-24(29)27(21)14-17-6-4-5-7-19(17)25/h4-13,26H,3,14H2,1-2H3. The molecule has 7 nitrogen and oxygen atoms in total. The number of nitrogens with zero attached hydrogens (tertiary/aromatic N) is 1. The van der Waals surface area contributed by atoms with Gasteiger partial charge >= 0.3 is 10.8 Å². The topological polar surface area (TPSA) is 94.5 Å². The van der Waals surface area contributed by atoms with Gasteiger partial charge in [-0.25, -0.2) is 13.2 Å². The van der Waals surface area contributed by atoms with Gasteiger partial charge in [0.05, 0.1) is 39.5 Å². The Bertz CT molecular complexity index is 1560. The second kappa shape index (κ2) is 9.61. The molecule has 0 fully saturated rings. The number of rotatable bonds is 7. The van der Waals surface area contributed by atoms with Crippen LogP contribution in [-0.2, 0) is 21.3 Å². The van der Waals surface area contributed by atoms with Crippen molar-refractivity contribution in [2.24, 2.45) is 0 Å². The summed E-state index contributed by atoms with van der Waals surface area (Å²) in [5.74, 6) is -0.471. The average Bonchev–Trinajstić information content (AvgIpc) is 3.11. The maximum Gasteiger partial charge on any atom is 0.338 e. The van der Waals surface area contributed by atoms with Crippen molar-refractivity contribution in [1.82, 2.24) is 4.57 Å². The predicted octanol–water partition coefficient (Wildman–Crippen LogP) is 5.05. The number of hydrogen-bond acceptors (Lipinski definition) is 6. The third kappa shape index (κ3) is 4.86. The second-order valence-electron chi connectivity index (χ2n) is 7.53. The Morgan fingerprint density at radius 1 is 1.12 bits per heavy atom. The van der Waals surface area contributed by atoms with Crippen molar-refractivity contribution >= 4 is 54.8 Å². The minimum Gasteiger partial charge on any atom is -0.462 e. The van der Waals surface area contributed by atoms with Crippen molar-refractivity contribution in [2.45, 2.75) is 25.3 Å². The molecule has 0 aliphatic heterocycles. The first-order valence-corrected chi connectivity index (χ1v) is 13.0. The summed E-state index contributed by atoms with van der Waals surface area (Å²) in [7, 11) is -3.93. The minimum atomic E-state index is -3.93. The van der Waals surface area contributed by atoms with Gasteiger partial charge < -0.3 is 4.74 Å². The Morgan fingerprint density at radius 2 is 1.88 bits per heavy atom. The van der Waals surface area contributed by atoms with E-state index in [-0.39, 0.29) is 22.9 Å². The van der Waals surface area contributed by atoms with Crippen LogP contribution in [0.1, 0.15) is 28.4 Å². The van der Waals surface area contributed by atoms with Crippen molar-refractivity contribution in [2.75, 3.05) is 11.3 Å². The number of hydrogen-bond donors (Lipinski definition) is 1. The smallest absolute Gasteiger partial charge is 0.338 e. The van der Waals surface area contributed by atoms with Crippen molar-refractivity contribution < 1.29 is 17.9 Å². The molecule has 3 aromatic carbocycles. The van der Waals surface area contributed by atoms with Gasteiger partial charge in [0.15, 0.2) is 0 Å². The zero-order chi connectivity index (χ0) is 24.5. The summed E-state index contributed by atoms with van der Waals surface area (Å²) in [6, 6.07) is 16.4. The van der Waals surface area contributed by atoms with Crippen LogP contribution in [0.25, 0.3) is 10.2 Å². The van der Waals surface area contributed by atoms with Crippen molar-refractivity contribution in [1.29, 1.82) is 0 Å². The lowest BCUT2D eigenvalue weighted by atomic mass is 10.1. The van der Waals surface area contributed by atoms with E-state index in [1.54, 1.807) is 36.6 Å². The molecule has 10 heteroatoms. The van der Waals surface area contributed by atoms with Gasteiger partial charge in [-0.1, -0.05) is 41.1 Å². The van der Waals surface area contributed by atoms with Crippen molar-refractivity contribution in [3.63, 3.8) is 0 Å². The number of ether oxygens (including phenoxy) is 1. The van der Waals surface area contributed by atoms with Gasteiger partial charge in [0.2, 0.25) is 0 Å². The van der Waals surface area contributed by atoms with E-state index in [0.717, 1.165) is 16.9 Å². The lowest BCUT2D eigenvalue weighted by molar-refractivity contribution is 0.0526. The number of aryl methyl sites for hydroxylation is 1. The van der Waals surface area contributed by atoms with E-state index in [4.69, 9.17) is 16.3 Å². The molecule has 0 bridgehead atoms. The second-order valence-corrected chi connectivity index (χ2v) is 10.6. The number of halogens is 1. The summed E-state index contributed by atoms with van der Waals surface area (Å²) in [6.45, 7) is 3.95. The molecule has 0 saturated carbocycles. The largest absolute Gasteiger partial charge is 0.462 e. The first-order valence-electron chi connectivity index (χ1n) is 10.4. The molecule has 1 N–H and O–H groups in total. The van der Waals surface area contributed by atoms with Gasteiger partial charge in [-0.2, -0.15) is 0 Å². The van der Waals surface area contributed by atoms with Crippen LogP contribution < -0.4 is 9.60 Å². The zero-order valence-electron chi connectivity index (χ0n) is 18.4. The van der Waals surface area contributed by atoms with Crippen LogP contribution in [0.15, 0.2) is 70.4 Å². The fraction of sp³-hybridized carbons (Fsp3) is 0.167. The lowest BCUT2D eigenvalue weighted by Crippen LogP contribution is -2.15. The molecule has 0 saturated heterocycles. The molecule has 1 heterocycles. The first kappa shape index (κ1) is 24.0. The fourth-order valence-corrected chi connectivity index (χ4v) is 5.84. The van der Waals surface area contributed by atoms with Crippen LogP contribution in [0, 0.1) is 6.92 Å². The molecule has 0 radical (unpaired) electrons. The normalized spacial score (nSPS) is 11.5. The maximum atomic E-state index is 13.0. The number of sulfonamides is 1. The number of thiazole rings is 1. The minimum absolute atomic E-state index is 0.0278. The third-order valence-electron chi connectivity index (χ3n) is 5.22. The van der Waals surface area contributed by atoms with Crippen molar-refractivity contribution in [3.05, 3.63) is 92.0 Å². The number of anilines is 1. The predicted molar refractivity (Wildman–Crippen MR) is 135 cm³/mol. The molecular formula is C24H21ClN2O5S2. The zero-order valence-corrected chi connectivity index (χ0v) is 20.8. The summed E-state index contributed by atoms with van der Waals surface area (Å²) >= 11 is 7.21.